The monoisotopic (exact) mass is 415 g/mol. The molecule has 2 N–H and O–H groups in total. The molecule has 0 spiro atoms. The third-order valence-electron chi connectivity index (χ3n) is 4.48. The average Bonchev–Trinajstić information content (AvgIpc) is 2.76. The quantitative estimate of drug-likeness (QED) is 0.519. The Labute approximate surface area is 178 Å². The standard InChI is InChI=1S/C13H12.C11H10N3O2P/c1-3-7-12(8-4-1)11-13-9-5-2-6-10-13;12-10-7(5-13-11(16)14-10)9(15)6-3-1-2-4-8(6)17/h1-10H,11H2;1-5,7H,17H2,(H2,12,14,16). The van der Waals surface area contributed by atoms with E-state index in [0.29, 0.717) is 5.56 Å². The van der Waals surface area contributed by atoms with Crippen LogP contribution in [-0.2, 0) is 6.42 Å². The van der Waals surface area contributed by atoms with E-state index in [2.05, 4.69) is 79.9 Å². The Morgan fingerprint density at radius 3 is 1.93 bits per heavy atom. The van der Waals surface area contributed by atoms with Gasteiger partial charge in [-0.25, -0.2) is 9.79 Å². The average molecular weight is 415 g/mol. The van der Waals surface area contributed by atoms with E-state index in [0.717, 1.165) is 11.7 Å². The maximum Gasteiger partial charge on any atom is 0.368 e. The lowest BCUT2D eigenvalue weighted by Gasteiger charge is -2.13. The van der Waals surface area contributed by atoms with Crippen molar-refractivity contribution in [2.24, 2.45) is 21.6 Å². The zero-order valence-corrected chi connectivity index (χ0v) is 17.5. The first-order valence-electron chi connectivity index (χ1n) is 9.43. The Morgan fingerprint density at radius 2 is 1.40 bits per heavy atom. The smallest absolute Gasteiger partial charge is 0.368 e. The van der Waals surface area contributed by atoms with Crippen molar-refractivity contribution in [3.8, 4) is 0 Å². The molecule has 0 radical (unpaired) electrons. The van der Waals surface area contributed by atoms with Crippen molar-refractivity contribution in [2.45, 2.75) is 6.42 Å². The van der Waals surface area contributed by atoms with E-state index in [1.807, 2.05) is 6.07 Å². The number of nitrogens with two attached hydrogens (primary N) is 1. The van der Waals surface area contributed by atoms with Crippen LogP contribution in [0.2, 0.25) is 0 Å². The molecule has 4 rings (SSSR count). The van der Waals surface area contributed by atoms with Gasteiger partial charge in [-0.05, 0) is 22.9 Å². The highest BCUT2D eigenvalue weighted by atomic mass is 31.0. The molecule has 1 aliphatic rings. The number of aliphatic imine (C=N–C) groups is 2. The van der Waals surface area contributed by atoms with Crippen molar-refractivity contribution in [1.29, 1.82) is 0 Å². The van der Waals surface area contributed by atoms with E-state index in [1.54, 1.807) is 18.2 Å². The fourth-order valence-electron chi connectivity index (χ4n) is 2.94. The van der Waals surface area contributed by atoms with E-state index in [1.165, 1.54) is 17.3 Å². The molecule has 0 saturated carbocycles. The third kappa shape index (κ3) is 5.79. The minimum atomic E-state index is -0.755. The van der Waals surface area contributed by atoms with Crippen LogP contribution in [0.4, 0.5) is 4.79 Å². The first kappa shape index (κ1) is 21.3. The van der Waals surface area contributed by atoms with E-state index >= 15 is 0 Å². The lowest BCUT2D eigenvalue weighted by molar-refractivity contribution is 0.0981. The fraction of sp³-hybridized carbons (Fsp3) is 0.0833. The van der Waals surface area contributed by atoms with Crippen molar-refractivity contribution >= 4 is 38.4 Å². The highest BCUT2D eigenvalue weighted by Gasteiger charge is 2.26. The molecular formula is C24H22N3O2P. The second-order valence-electron chi connectivity index (χ2n) is 6.67. The van der Waals surface area contributed by atoms with Crippen LogP contribution < -0.4 is 11.0 Å². The van der Waals surface area contributed by atoms with Crippen molar-refractivity contribution in [3.63, 3.8) is 0 Å². The highest BCUT2D eigenvalue weighted by molar-refractivity contribution is 7.27. The van der Waals surface area contributed by atoms with Gasteiger partial charge in [0.1, 0.15) is 11.8 Å². The van der Waals surface area contributed by atoms with Gasteiger partial charge in [-0.1, -0.05) is 84.9 Å². The lowest BCUT2D eigenvalue weighted by Crippen LogP contribution is -2.36. The third-order valence-corrected chi connectivity index (χ3v) is 4.98. The summed E-state index contributed by atoms with van der Waals surface area (Å²) in [4.78, 5) is 30.0. The largest absolute Gasteiger partial charge is 0.386 e. The van der Waals surface area contributed by atoms with Crippen LogP contribution in [0.1, 0.15) is 21.5 Å². The van der Waals surface area contributed by atoms with E-state index in [4.69, 9.17) is 5.73 Å². The molecule has 3 aromatic rings. The van der Waals surface area contributed by atoms with Crippen LogP contribution in [0.15, 0.2) is 94.9 Å². The van der Waals surface area contributed by atoms with Crippen molar-refractivity contribution in [2.75, 3.05) is 0 Å². The molecule has 2 atom stereocenters. The molecule has 0 aliphatic carbocycles. The van der Waals surface area contributed by atoms with Gasteiger partial charge in [-0.15, -0.1) is 9.24 Å². The summed E-state index contributed by atoms with van der Waals surface area (Å²) in [6, 6.07) is 27.5. The number of urea groups is 1. The number of hydrogen-bond acceptors (Lipinski definition) is 3. The Hall–Kier alpha value is -3.43. The summed E-state index contributed by atoms with van der Waals surface area (Å²) in [5.74, 6) is -0.981. The summed E-state index contributed by atoms with van der Waals surface area (Å²) in [6.45, 7) is 0. The Balaban J connectivity index is 0.000000177. The molecule has 2 unspecified atom stereocenters. The van der Waals surface area contributed by atoms with E-state index < -0.39 is 11.9 Å². The zero-order valence-electron chi connectivity index (χ0n) is 16.3. The minimum absolute atomic E-state index is 0.0109. The second kappa shape index (κ2) is 10.4. The summed E-state index contributed by atoms with van der Waals surface area (Å²) in [6.07, 6.45) is 2.27. The normalized spacial score (nSPS) is 15.0. The molecule has 150 valence electrons. The maximum absolute atomic E-state index is 12.2. The van der Waals surface area contributed by atoms with Crippen LogP contribution in [0.3, 0.4) is 0 Å². The summed E-state index contributed by atoms with van der Waals surface area (Å²) < 4.78 is 0. The summed E-state index contributed by atoms with van der Waals surface area (Å²) in [5.41, 5.74) is 8.84. The number of amides is 2. The van der Waals surface area contributed by atoms with Crippen LogP contribution in [0.25, 0.3) is 0 Å². The van der Waals surface area contributed by atoms with Gasteiger partial charge in [0, 0.05) is 11.8 Å². The molecule has 0 bridgehead atoms. The molecular weight excluding hydrogens is 393 g/mol. The number of Topliss-reactive ketones (excluding diaryl/α,β-unsaturated/α-hetero) is 1. The highest BCUT2D eigenvalue weighted by Crippen LogP contribution is 2.11. The number of carbonyl (C=O) groups is 2. The van der Waals surface area contributed by atoms with Gasteiger partial charge in [-0.2, -0.15) is 4.99 Å². The molecule has 6 heteroatoms. The molecule has 1 heterocycles. The molecule has 0 fully saturated rings. The van der Waals surface area contributed by atoms with Gasteiger partial charge >= 0.3 is 6.03 Å². The summed E-state index contributed by atoms with van der Waals surface area (Å²) in [7, 11) is 2.48. The molecule has 1 aliphatic heterocycles. The zero-order chi connectivity index (χ0) is 21.3. The van der Waals surface area contributed by atoms with Crippen LogP contribution >= 0.6 is 9.24 Å². The minimum Gasteiger partial charge on any atom is -0.386 e. The van der Waals surface area contributed by atoms with Crippen molar-refractivity contribution in [1.82, 2.24) is 0 Å². The second-order valence-corrected chi connectivity index (χ2v) is 7.30. The van der Waals surface area contributed by atoms with Crippen LogP contribution in [0, 0.1) is 5.92 Å². The number of nitrogens with zero attached hydrogens (tertiary/aromatic N) is 2. The molecule has 0 saturated heterocycles. The van der Waals surface area contributed by atoms with Crippen molar-refractivity contribution < 1.29 is 9.59 Å². The topological polar surface area (TPSA) is 84.9 Å². The number of amidine groups is 1. The Kier molecular flexibility index (Phi) is 7.36. The summed E-state index contributed by atoms with van der Waals surface area (Å²) >= 11 is 0. The molecule has 0 aromatic heterocycles. The van der Waals surface area contributed by atoms with E-state index in [9.17, 15) is 9.59 Å². The molecule has 2 amide bonds. The number of carbonyl (C=O) groups excluding carboxylic acids is 2. The number of ketones is 1. The van der Waals surface area contributed by atoms with Gasteiger partial charge < -0.3 is 5.73 Å². The lowest BCUT2D eigenvalue weighted by atomic mass is 9.97. The van der Waals surface area contributed by atoms with Gasteiger partial charge in [0.25, 0.3) is 0 Å². The Bertz CT molecular complexity index is 1040. The van der Waals surface area contributed by atoms with Gasteiger partial charge in [0.05, 0.1) is 0 Å². The molecule has 3 aromatic carbocycles. The van der Waals surface area contributed by atoms with Gasteiger partial charge in [0.2, 0.25) is 0 Å². The SMILES string of the molecule is NC1=NC(=O)N=CC1C(=O)c1ccccc1P.c1ccc(Cc2ccccc2)cc1. The molecule has 5 nitrogen and oxygen atoms in total. The van der Waals surface area contributed by atoms with Gasteiger partial charge in [-0.3, -0.25) is 4.79 Å². The van der Waals surface area contributed by atoms with Crippen molar-refractivity contribution in [3.05, 3.63) is 102 Å². The number of benzene rings is 3. The number of hydrogen-bond donors (Lipinski definition) is 1. The fourth-order valence-corrected chi connectivity index (χ4v) is 3.29. The maximum atomic E-state index is 12.2. The first-order chi connectivity index (χ1) is 14.5. The van der Waals surface area contributed by atoms with Gasteiger partial charge in [0.15, 0.2) is 5.78 Å². The summed E-state index contributed by atoms with van der Waals surface area (Å²) in [5, 5.41) is 0.774. The van der Waals surface area contributed by atoms with Crippen LogP contribution in [0.5, 0.6) is 0 Å². The van der Waals surface area contributed by atoms with Crippen LogP contribution in [-0.4, -0.2) is 23.9 Å². The predicted molar refractivity (Wildman–Crippen MR) is 125 cm³/mol. The predicted octanol–water partition coefficient (Wildman–Crippen LogP) is 3.82. The number of rotatable bonds is 4. The molecule has 30 heavy (non-hydrogen) atoms. The Morgan fingerprint density at radius 1 is 0.867 bits per heavy atom. The van der Waals surface area contributed by atoms with E-state index in [-0.39, 0.29) is 11.6 Å². The first-order valence-corrected chi connectivity index (χ1v) is 10.0.